The zero-order valence-corrected chi connectivity index (χ0v) is 20.4. The molecule has 0 fully saturated rings. The monoisotopic (exact) mass is 538 g/mol. The van der Waals surface area contributed by atoms with Crippen LogP contribution in [0.4, 0.5) is 5.69 Å². The van der Waals surface area contributed by atoms with Gasteiger partial charge in [-0.05, 0) is 55.2 Å². The Kier molecular flexibility index (Phi) is 10.4. The van der Waals surface area contributed by atoms with Gasteiger partial charge in [0.15, 0.2) is 17.5 Å². The van der Waals surface area contributed by atoms with Gasteiger partial charge in [-0.1, -0.05) is 25.1 Å². The van der Waals surface area contributed by atoms with Crippen LogP contribution in [0.15, 0.2) is 47.5 Å². The summed E-state index contributed by atoms with van der Waals surface area (Å²) >= 11 is 0. The number of nitrogens with one attached hydrogen (secondary N) is 3. The van der Waals surface area contributed by atoms with E-state index in [9.17, 15) is 4.79 Å². The molecule has 0 atom stereocenters. The summed E-state index contributed by atoms with van der Waals surface area (Å²) in [6.07, 6.45) is 2.23. The summed E-state index contributed by atoms with van der Waals surface area (Å²) in [5, 5.41) is 9.54. The smallest absolute Gasteiger partial charge is 0.231 e. The average Bonchev–Trinajstić information content (AvgIpc) is 3.21. The normalized spacial score (nSPS) is 12.1. The fourth-order valence-electron chi connectivity index (χ4n) is 3.08. The molecule has 1 aliphatic heterocycles. The highest BCUT2D eigenvalue weighted by atomic mass is 127. The lowest BCUT2D eigenvalue weighted by atomic mass is 10.1. The molecule has 0 saturated heterocycles. The zero-order valence-electron chi connectivity index (χ0n) is 18.1. The third-order valence-electron chi connectivity index (χ3n) is 4.62. The predicted octanol–water partition coefficient (Wildman–Crippen LogP) is 4.07. The summed E-state index contributed by atoms with van der Waals surface area (Å²) in [6.45, 7) is 6.43. The van der Waals surface area contributed by atoms with E-state index in [-0.39, 0.29) is 29.9 Å². The van der Waals surface area contributed by atoms with Gasteiger partial charge in [0.1, 0.15) is 0 Å². The zero-order chi connectivity index (χ0) is 21.2. The van der Waals surface area contributed by atoms with Crippen LogP contribution in [0.25, 0.3) is 0 Å². The molecule has 0 spiro atoms. The molecule has 8 heteroatoms. The number of amides is 1. The van der Waals surface area contributed by atoms with Crippen molar-refractivity contribution in [3.8, 4) is 11.5 Å². The third-order valence-corrected chi connectivity index (χ3v) is 4.62. The Balaban J connectivity index is 0.00000341. The van der Waals surface area contributed by atoms with Crippen LogP contribution in [-0.2, 0) is 17.8 Å². The van der Waals surface area contributed by atoms with Gasteiger partial charge < -0.3 is 25.4 Å². The predicted molar refractivity (Wildman–Crippen MR) is 134 cm³/mol. The third kappa shape index (κ3) is 7.93. The lowest BCUT2D eigenvalue weighted by molar-refractivity contribution is -0.116. The second-order valence-corrected chi connectivity index (χ2v) is 7.05. The average molecular weight is 538 g/mol. The van der Waals surface area contributed by atoms with E-state index in [1.807, 2.05) is 50.2 Å². The number of hydrogen-bond donors (Lipinski definition) is 3. The molecule has 0 aromatic heterocycles. The highest BCUT2D eigenvalue weighted by Crippen LogP contribution is 2.32. The molecule has 0 aliphatic carbocycles. The van der Waals surface area contributed by atoms with E-state index in [4.69, 9.17) is 9.47 Å². The highest BCUT2D eigenvalue weighted by Gasteiger charge is 2.13. The number of carbonyl (C=O) groups is 1. The van der Waals surface area contributed by atoms with Crippen LogP contribution in [0.1, 0.15) is 37.8 Å². The van der Waals surface area contributed by atoms with Crippen LogP contribution < -0.4 is 25.4 Å². The Labute approximate surface area is 201 Å². The van der Waals surface area contributed by atoms with E-state index in [1.54, 1.807) is 0 Å². The molecular formula is C23H31IN4O3. The summed E-state index contributed by atoms with van der Waals surface area (Å²) in [4.78, 5) is 16.3. The number of fused-ring (bicyclic) bond motifs is 1. The van der Waals surface area contributed by atoms with Gasteiger partial charge in [-0.25, -0.2) is 4.99 Å². The first-order valence-electron chi connectivity index (χ1n) is 10.5. The molecule has 0 unspecified atom stereocenters. The SMILES string of the molecule is CCCC(=O)Nc1ccc(CN=C(NCC)NCCc2ccc3c(c2)OCO3)cc1.I. The fourth-order valence-corrected chi connectivity index (χ4v) is 3.08. The fraction of sp³-hybridized carbons (Fsp3) is 0.391. The van der Waals surface area contributed by atoms with Crippen molar-refractivity contribution in [2.45, 2.75) is 39.7 Å². The molecule has 3 rings (SSSR count). The van der Waals surface area contributed by atoms with Crippen LogP contribution >= 0.6 is 24.0 Å². The largest absolute Gasteiger partial charge is 0.454 e. The number of hydrogen-bond acceptors (Lipinski definition) is 4. The highest BCUT2D eigenvalue weighted by molar-refractivity contribution is 14.0. The number of anilines is 1. The van der Waals surface area contributed by atoms with E-state index in [2.05, 4.69) is 27.0 Å². The summed E-state index contributed by atoms with van der Waals surface area (Å²) in [5.74, 6) is 2.43. The summed E-state index contributed by atoms with van der Waals surface area (Å²) in [5.41, 5.74) is 3.08. The molecule has 0 radical (unpaired) electrons. The number of rotatable bonds is 9. The topological polar surface area (TPSA) is 84.0 Å². The first-order chi connectivity index (χ1) is 14.7. The van der Waals surface area contributed by atoms with Crippen molar-refractivity contribution in [1.29, 1.82) is 0 Å². The number of ether oxygens (including phenoxy) is 2. The van der Waals surface area contributed by atoms with Gasteiger partial charge in [0, 0.05) is 25.2 Å². The van der Waals surface area contributed by atoms with E-state index in [0.717, 1.165) is 54.6 Å². The van der Waals surface area contributed by atoms with Gasteiger partial charge in [-0.2, -0.15) is 0 Å². The van der Waals surface area contributed by atoms with Crippen molar-refractivity contribution in [3.05, 3.63) is 53.6 Å². The molecule has 0 bridgehead atoms. The van der Waals surface area contributed by atoms with Crippen LogP contribution in [0.2, 0.25) is 0 Å². The van der Waals surface area contributed by atoms with Crippen LogP contribution in [0.5, 0.6) is 11.5 Å². The van der Waals surface area contributed by atoms with Crippen LogP contribution in [0, 0.1) is 0 Å². The molecule has 1 amide bonds. The lowest BCUT2D eigenvalue weighted by Gasteiger charge is -2.12. The second kappa shape index (κ2) is 13.0. The van der Waals surface area contributed by atoms with E-state index >= 15 is 0 Å². The molecule has 2 aromatic rings. The van der Waals surface area contributed by atoms with E-state index in [1.165, 1.54) is 5.56 Å². The number of aliphatic imine (C=N–C) groups is 1. The minimum absolute atomic E-state index is 0. The van der Waals surface area contributed by atoms with Crippen molar-refractivity contribution in [3.63, 3.8) is 0 Å². The Morgan fingerprint density at radius 1 is 1.00 bits per heavy atom. The number of halogens is 1. The van der Waals surface area contributed by atoms with Crippen LogP contribution in [0.3, 0.4) is 0 Å². The van der Waals surface area contributed by atoms with Crippen molar-refractivity contribution < 1.29 is 14.3 Å². The Morgan fingerprint density at radius 3 is 2.48 bits per heavy atom. The van der Waals surface area contributed by atoms with Crippen molar-refractivity contribution in [1.82, 2.24) is 10.6 Å². The minimum atomic E-state index is 0. The second-order valence-electron chi connectivity index (χ2n) is 7.05. The standard InChI is InChI=1S/C23H30N4O3.HI/c1-3-5-22(28)27-19-9-6-18(7-10-19)15-26-23(24-4-2)25-13-12-17-8-11-20-21(14-17)30-16-29-20;/h6-11,14H,3-5,12-13,15-16H2,1-2H3,(H,27,28)(H2,24,25,26);1H. The van der Waals surface area contributed by atoms with Gasteiger partial charge in [0.05, 0.1) is 6.54 Å². The molecule has 1 heterocycles. The maximum absolute atomic E-state index is 11.7. The van der Waals surface area contributed by atoms with Crippen LogP contribution in [-0.4, -0.2) is 31.7 Å². The molecular weight excluding hydrogens is 507 g/mol. The maximum Gasteiger partial charge on any atom is 0.231 e. The van der Waals surface area contributed by atoms with Crippen molar-refractivity contribution in [2.75, 3.05) is 25.2 Å². The minimum Gasteiger partial charge on any atom is -0.454 e. The lowest BCUT2D eigenvalue weighted by Crippen LogP contribution is -2.38. The van der Waals surface area contributed by atoms with Gasteiger partial charge in [0.2, 0.25) is 12.7 Å². The van der Waals surface area contributed by atoms with Gasteiger partial charge in [-0.3, -0.25) is 4.79 Å². The summed E-state index contributed by atoms with van der Waals surface area (Å²) in [6, 6.07) is 13.8. The van der Waals surface area contributed by atoms with Crippen molar-refractivity contribution >= 4 is 41.5 Å². The number of benzene rings is 2. The quantitative estimate of drug-likeness (QED) is 0.255. The van der Waals surface area contributed by atoms with Gasteiger partial charge in [0.25, 0.3) is 0 Å². The van der Waals surface area contributed by atoms with Gasteiger partial charge in [-0.15, -0.1) is 24.0 Å². The summed E-state index contributed by atoms with van der Waals surface area (Å²) < 4.78 is 10.8. The molecule has 1 aliphatic rings. The molecule has 0 saturated carbocycles. The Morgan fingerprint density at radius 2 is 1.74 bits per heavy atom. The molecule has 3 N–H and O–H groups in total. The maximum atomic E-state index is 11.7. The number of guanidine groups is 1. The Hall–Kier alpha value is -2.49. The Bertz CT molecular complexity index is 872. The molecule has 168 valence electrons. The van der Waals surface area contributed by atoms with Crippen molar-refractivity contribution in [2.24, 2.45) is 4.99 Å². The number of carbonyl (C=O) groups excluding carboxylic acids is 1. The number of nitrogens with zero attached hydrogens (tertiary/aromatic N) is 1. The van der Waals surface area contributed by atoms with E-state index < -0.39 is 0 Å². The molecule has 31 heavy (non-hydrogen) atoms. The first kappa shape index (κ1) is 24.8. The van der Waals surface area contributed by atoms with E-state index in [0.29, 0.717) is 19.8 Å². The summed E-state index contributed by atoms with van der Waals surface area (Å²) in [7, 11) is 0. The first-order valence-corrected chi connectivity index (χ1v) is 10.5. The molecule has 7 nitrogen and oxygen atoms in total. The van der Waals surface area contributed by atoms with Gasteiger partial charge >= 0.3 is 0 Å². The molecule has 2 aromatic carbocycles.